The lowest BCUT2D eigenvalue weighted by Crippen LogP contribution is -2.36. The van der Waals surface area contributed by atoms with E-state index < -0.39 is 5.91 Å². The maximum Gasteiger partial charge on any atom is 0.313 e. The maximum absolute atomic E-state index is 12.1. The number of hydrogen-bond acceptors (Lipinski definition) is 3. The van der Waals surface area contributed by atoms with Gasteiger partial charge in [-0.05, 0) is 37.6 Å². The fraction of sp³-hybridized carbons (Fsp3) is 0.235. The Morgan fingerprint density at radius 1 is 1.45 bits per heavy atom. The van der Waals surface area contributed by atoms with Crippen LogP contribution in [-0.2, 0) is 4.79 Å². The number of allylic oxidation sites excluding steroid dienone is 3. The zero-order chi connectivity index (χ0) is 15.7. The van der Waals surface area contributed by atoms with Gasteiger partial charge in [-0.2, -0.15) is 0 Å². The van der Waals surface area contributed by atoms with E-state index >= 15 is 0 Å². The van der Waals surface area contributed by atoms with Gasteiger partial charge in [0.25, 0.3) is 5.91 Å². The van der Waals surface area contributed by atoms with E-state index in [9.17, 15) is 9.59 Å². The van der Waals surface area contributed by atoms with Crippen molar-refractivity contribution >= 4 is 17.5 Å². The molecule has 2 heterocycles. The molecule has 112 valence electrons. The molecule has 2 aliphatic rings. The fourth-order valence-corrected chi connectivity index (χ4v) is 2.74. The Balaban J connectivity index is 1.90. The van der Waals surface area contributed by atoms with E-state index in [1.807, 2.05) is 19.9 Å². The summed E-state index contributed by atoms with van der Waals surface area (Å²) in [6.45, 7) is 3.94. The lowest BCUT2D eigenvalue weighted by Gasteiger charge is -2.29. The molecule has 22 heavy (non-hydrogen) atoms. The van der Waals surface area contributed by atoms with Crippen molar-refractivity contribution in [2.45, 2.75) is 20.3 Å². The highest BCUT2D eigenvalue weighted by Crippen LogP contribution is 2.31. The van der Waals surface area contributed by atoms with E-state index in [1.165, 1.54) is 6.26 Å². The second-order valence-corrected chi connectivity index (χ2v) is 5.22. The molecule has 5 nitrogen and oxygen atoms in total. The van der Waals surface area contributed by atoms with Crippen molar-refractivity contribution in [2.24, 2.45) is 10.9 Å². The van der Waals surface area contributed by atoms with Crippen LogP contribution in [0.4, 0.5) is 0 Å². The zero-order valence-corrected chi connectivity index (χ0v) is 12.4. The maximum atomic E-state index is 12.1. The number of amides is 2. The third-order valence-corrected chi connectivity index (χ3v) is 3.89. The van der Waals surface area contributed by atoms with Gasteiger partial charge in [0.1, 0.15) is 0 Å². The summed E-state index contributed by atoms with van der Waals surface area (Å²) in [4.78, 5) is 28.0. The Bertz CT molecular complexity index is 749. The first-order chi connectivity index (χ1) is 10.6. The molecule has 0 fully saturated rings. The first kappa shape index (κ1) is 14.3. The molecule has 5 heteroatoms. The average molecular weight is 296 g/mol. The predicted octanol–water partition coefficient (Wildman–Crippen LogP) is 2.79. The van der Waals surface area contributed by atoms with Crippen molar-refractivity contribution in [3.63, 3.8) is 0 Å². The zero-order valence-electron chi connectivity index (χ0n) is 12.4. The summed E-state index contributed by atoms with van der Waals surface area (Å²) in [5, 5.41) is 2.89. The number of nitrogens with zero attached hydrogens (tertiary/aromatic N) is 1. The largest absolute Gasteiger partial charge is 0.459 e. The van der Waals surface area contributed by atoms with Gasteiger partial charge in [-0.3, -0.25) is 9.59 Å². The van der Waals surface area contributed by atoms with Crippen LogP contribution in [0.15, 0.2) is 62.9 Å². The highest BCUT2D eigenvalue weighted by atomic mass is 16.3. The fourth-order valence-electron chi connectivity index (χ4n) is 2.74. The Morgan fingerprint density at radius 2 is 2.27 bits per heavy atom. The van der Waals surface area contributed by atoms with Crippen LogP contribution in [-0.4, -0.2) is 17.5 Å². The molecule has 0 radical (unpaired) electrons. The highest BCUT2D eigenvalue weighted by molar-refractivity contribution is 6.13. The molecule has 2 amide bonds. The molecule has 1 atom stereocenters. The van der Waals surface area contributed by atoms with Gasteiger partial charge in [0, 0.05) is 17.2 Å². The summed E-state index contributed by atoms with van der Waals surface area (Å²) in [5.74, 6) is -0.276. The van der Waals surface area contributed by atoms with Crippen LogP contribution in [0.25, 0.3) is 0 Å². The summed E-state index contributed by atoms with van der Waals surface area (Å²) in [7, 11) is 0. The number of hydrogen-bond donors (Lipinski definition) is 1. The van der Waals surface area contributed by atoms with Crippen molar-refractivity contribution in [3.05, 3.63) is 59.2 Å². The van der Waals surface area contributed by atoms with Crippen LogP contribution in [0.1, 0.15) is 30.8 Å². The number of nitrogens with one attached hydrogen (secondary N) is 1. The normalized spacial score (nSPS) is 22.5. The average Bonchev–Trinajstić information content (AvgIpc) is 3.01. The second kappa shape index (κ2) is 5.60. The van der Waals surface area contributed by atoms with Gasteiger partial charge in [0.05, 0.1) is 12.0 Å². The summed E-state index contributed by atoms with van der Waals surface area (Å²) in [5.41, 5.74) is 3.12. The van der Waals surface area contributed by atoms with Crippen LogP contribution in [0.5, 0.6) is 0 Å². The van der Waals surface area contributed by atoms with E-state index in [0.29, 0.717) is 12.1 Å². The highest BCUT2D eigenvalue weighted by Gasteiger charge is 2.28. The number of carbonyl (C=O) groups is 2. The molecular formula is C17H16N2O3. The molecule has 0 saturated carbocycles. The summed E-state index contributed by atoms with van der Waals surface area (Å²) in [6.07, 6.45) is 7.62. The lowest BCUT2D eigenvalue weighted by atomic mass is 9.84. The third-order valence-electron chi connectivity index (χ3n) is 3.89. The van der Waals surface area contributed by atoms with Gasteiger partial charge in [-0.1, -0.05) is 18.6 Å². The van der Waals surface area contributed by atoms with Gasteiger partial charge in [-0.25, -0.2) is 4.99 Å². The number of furan rings is 1. The molecule has 1 aliphatic carbocycles. The number of carbonyl (C=O) groups excluding carboxylic acids is 2. The van der Waals surface area contributed by atoms with E-state index in [-0.39, 0.29) is 17.6 Å². The molecule has 1 N–H and O–H groups in total. The first-order valence-electron chi connectivity index (χ1n) is 7.17. The standard InChI is InChI=1S/C17H16N2O3/c1-3-12-10(2)13-7-6-11(9-14(13)19-16(12)20)18-17(21)15-5-4-8-22-15/h4-9,13H,3H2,1-2H3,(H,19,20). The molecule has 1 aromatic heterocycles. The van der Waals surface area contributed by atoms with Gasteiger partial charge < -0.3 is 9.73 Å². The second-order valence-electron chi connectivity index (χ2n) is 5.22. The molecule has 3 rings (SSSR count). The lowest BCUT2D eigenvalue weighted by molar-refractivity contribution is -0.117. The smallest absolute Gasteiger partial charge is 0.313 e. The summed E-state index contributed by atoms with van der Waals surface area (Å²) >= 11 is 0. The monoisotopic (exact) mass is 296 g/mol. The molecule has 0 saturated heterocycles. The summed E-state index contributed by atoms with van der Waals surface area (Å²) < 4.78 is 5.03. The van der Waals surface area contributed by atoms with Gasteiger partial charge >= 0.3 is 5.91 Å². The minimum absolute atomic E-state index is 0.0466. The predicted molar refractivity (Wildman–Crippen MR) is 82.3 cm³/mol. The van der Waals surface area contributed by atoms with Gasteiger partial charge in [-0.15, -0.1) is 0 Å². The third kappa shape index (κ3) is 2.45. The molecule has 1 aromatic rings. The molecular weight excluding hydrogens is 280 g/mol. The van der Waals surface area contributed by atoms with E-state index in [2.05, 4.69) is 10.3 Å². The van der Waals surface area contributed by atoms with Gasteiger partial charge in [0.15, 0.2) is 5.76 Å². The Morgan fingerprint density at radius 3 is 2.95 bits per heavy atom. The van der Waals surface area contributed by atoms with Crippen LogP contribution in [0.2, 0.25) is 0 Å². The molecule has 1 aliphatic heterocycles. The van der Waals surface area contributed by atoms with Crippen molar-refractivity contribution < 1.29 is 14.0 Å². The van der Waals surface area contributed by atoms with E-state index in [1.54, 1.807) is 24.3 Å². The van der Waals surface area contributed by atoms with Crippen LogP contribution < -0.4 is 5.32 Å². The van der Waals surface area contributed by atoms with Gasteiger partial charge in [0.2, 0.25) is 0 Å². The molecule has 0 aromatic carbocycles. The van der Waals surface area contributed by atoms with Crippen LogP contribution >= 0.6 is 0 Å². The van der Waals surface area contributed by atoms with E-state index in [0.717, 1.165) is 16.8 Å². The number of rotatable bonds is 2. The number of aliphatic imine (C=N–C) groups is 1. The van der Waals surface area contributed by atoms with E-state index in [4.69, 9.17) is 4.42 Å². The first-order valence-corrected chi connectivity index (χ1v) is 7.17. The van der Waals surface area contributed by atoms with Crippen molar-refractivity contribution in [2.75, 3.05) is 0 Å². The summed E-state index contributed by atoms with van der Waals surface area (Å²) in [6, 6.07) is 3.21. The number of fused-ring (bicyclic) bond motifs is 1. The molecule has 0 spiro atoms. The van der Waals surface area contributed by atoms with Crippen molar-refractivity contribution in [1.29, 1.82) is 0 Å². The quantitative estimate of drug-likeness (QED) is 0.912. The molecule has 1 unspecified atom stereocenters. The topological polar surface area (TPSA) is 71.7 Å². The Kier molecular flexibility index (Phi) is 3.63. The minimum atomic E-state index is -0.441. The minimum Gasteiger partial charge on any atom is -0.459 e. The van der Waals surface area contributed by atoms with Crippen molar-refractivity contribution in [1.82, 2.24) is 5.32 Å². The molecule has 0 bridgehead atoms. The van der Waals surface area contributed by atoms with Crippen molar-refractivity contribution in [3.8, 4) is 0 Å². The van der Waals surface area contributed by atoms with Crippen LogP contribution in [0.3, 0.4) is 0 Å². The van der Waals surface area contributed by atoms with Crippen LogP contribution in [0, 0.1) is 5.92 Å². The Hall–Kier alpha value is -2.69. The SMILES string of the molecule is CCC1=C(C)C2C=CC(=NC(=O)c3ccco3)C=C2NC1=O. The Labute approximate surface area is 128 Å².